The fourth-order valence-corrected chi connectivity index (χ4v) is 2.83. The second-order valence-electron chi connectivity index (χ2n) is 5.24. The Hall–Kier alpha value is -2.08. The molecule has 1 aromatic rings. The van der Waals surface area contributed by atoms with Crippen molar-refractivity contribution in [2.45, 2.75) is 13.3 Å². The Bertz CT molecular complexity index is 651. The van der Waals surface area contributed by atoms with Crippen LogP contribution in [-0.2, 0) is 6.42 Å². The van der Waals surface area contributed by atoms with Crippen molar-refractivity contribution in [3.8, 4) is 0 Å². The second kappa shape index (κ2) is 4.55. The first kappa shape index (κ1) is 12.0. The quantitative estimate of drug-likeness (QED) is 0.685. The molecule has 1 aromatic carbocycles. The normalized spacial score (nSPS) is 19.9. The molecule has 0 amide bonds. The predicted molar refractivity (Wildman–Crippen MR) is 84.7 cm³/mol. The van der Waals surface area contributed by atoms with Crippen LogP contribution in [0.25, 0.3) is 17.7 Å². The Morgan fingerprint density at radius 3 is 2.47 bits per heavy atom. The van der Waals surface area contributed by atoms with Crippen molar-refractivity contribution in [2.75, 3.05) is 0 Å². The minimum absolute atomic E-state index is 0.514. The van der Waals surface area contributed by atoms with Gasteiger partial charge in [-0.1, -0.05) is 62.6 Å². The van der Waals surface area contributed by atoms with E-state index < -0.39 is 0 Å². The van der Waals surface area contributed by atoms with Crippen LogP contribution in [0.5, 0.6) is 0 Å². The van der Waals surface area contributed by atoms with Gasteiger partial charge in [0.2, 0.25) is 0 Å². The van der Waals surface area contributed by atoms with E-state index >= 15 is 0 Å². The van der Waals surface area contributed by atoms with Crippen molar-refractivity contribution in [3.05, 3.63) is 77.4 Å². The van der Waals surface area contributed by atoms with E-state index in [1.807, 2.05) is 12.2 Å². The fraction of sp³-hybridized carbons (Fsp3) is 0.158. The van der Waals surface area contributed by atoms with Gasteiger partial charge >= 0.3 is 0 Å². The van der Waals surface area contributed by atoms with Gasteiger partial charge in [-0.15, -0.1) is 0 Å². The molecule has 0 saturated carbocycles. The molecule has 0 saturated heterocycles. The molecule has 0 nitrogen and oxygen atoms in total. The molecule has 0 N–H and O–H groups in total. The first-order valence-electron chi connectivity index (χ1n) is 6.74. The van der Waals surface area contributed by atoms with Crippen LogP contribution >= 0.6 is 0 Å². The Kier molecular flexibility index (Phi) is 2.87. The lowest BCUT2D eigenvalue weighted by atomic mass is 9.96. The SMILES string of the molecule is C=Cc1cc2c(cc1C=C)C1=C(C=CC(C)C=C1)C2. The van der Waals surface area contributed by atoms with Crippen LogP contribution < -0.4 is 0 Å². The van der Waals surface area contributed by atoms with Crippen molar-refractivity contribution >= 4 is 17.7 Å². The number of rotatable bonds is 2. The molecule has 0 heterocycles. The van der Waals surface area contributed by atoms with Gasteiger partial charge in [0, 0.05) is 0 Å². The van der Waals surface area contributed by atoms with Crippen LogP contribution in [0.4, 0.5) is 0 Å². The van der Waals surface area contributed by atoms with Crippen molar-refractivity contribution < 1.29 is 0 Å². The van der Waals surface area contributed by atoms with Gasteiger partial charge in [-0.25, -0.2) is 0 Å². The average molecular weight is 246 g/mol. The summed E-state index contributed by atoms with van der Waals surface area (Å²) in [4.78, 5) is 0. The van der Waals surface area contributed by atoms with Gasteiger partial charge in [-0.2, -0.15) is 0 Å². The smallest absolute Gasteiger partial charge is 0.00133 e. The van der Waals surface area contributed by atoms with E-state index in [0.29, 0.717) is 5.92 Å². The first-order valence-corrected chi connectivity index (χ1v) is 6.74. The summed E-state index contributed by atoms with van der Waals surface area (Å²) in [5.41, 5.74) is 7.88. The second-order valence-corrected chi connectivity index (χ2v) is 5.24. The highest BCUT2D eigenvalue weighted by Gasteiger charge is 2.20. The van der Waals surface area contributed by atoms with Crippen LogP contribution in [0.2, 0.25) is 0 Å². The van der Waals surface area contributed by atoms with E-state index in [1.165, 1.54) is 27.8 Å². The van der Waals surface area contributed by atoms with Crippen molar-refractivity contribution in [1.29, 1.82) is 0 Å². The third-order valence-corrected chi connectivity index (χ3v) is 3.93. The maximum absolute atomic E-state index is 3.90. The van der Waals surface area contributed by atoms with Crippen molar-refractivity contribution in [2.24, 2.45) is 5.92 Å². The summed E-state index contributed by atoms with van der Waals surface area (Å²) in [7, 11) is 0. The zero-order chi connectivity index (χ0) is 13.4. The molecule has 0 heteroatoms. The van der Waals surface area contributed by atoms with Crippen LogP contribution in [-0.4, -0.2) is 0 Å². The van der Waals surface area contributed by atoms with E-state index in [1.54, 1.807) is 0 Å². The number of hydrogen-bond donors (Lipinski definition) is 0. The molecule has 2 aliphatic carbocycles. The molecule has 2 aliphatic rings. The lowest BCUT2D eigenvalue weighted by molar-refractivity contribution is 0.940. The molecule has 0 radical (unpaired) electrons. The lowest BCUT2D eigenvalue weighted by Crippen LogP contribution is -1.90. The van der Waals surface area contributed by atoms with Gasteiger partial charge in [-0.3, -0.25) is 0 Å². The van der Waals surface area contributed by atoms with E-state index in [4.69, 9.17) is 0 Å². The lowest BCUT2D eigenvalue weighted by Gasteiger charge is -2.08. The standard InChI is InChI=1S/C19H18/c1-4-14-10-17-11-16-8-6-13(3)7-9-18(16)19(17)12-15(14)5-2/h4-10,12-13H,1-2,11H2,3H3. The molecule has 0 fully saturated rings. The summed E-state index contributed by atoms with van der Waals surface area (Å²) in [6, 6.07) is 4.49. The number of fused-ring (bicyclic) bond motifs is 2. The summed E-state index contributed by atoms with van der Waals surface area (Å²) in [5.74, 6) is 0.514. The maximum Gasteiger partial charge on any atom is -0.00133 e. The summed E-state index contributed by atoms with van der Waals surface area (Å²) < 4.78 is 0. The van der Waals surface area contributed by atoms with Crippen LogP contribution in [0, 0.1) is 5.92 Å². The number of hydrogen-bond acceptors (Lipinski definition) is 0. The van der Waals surface area contributed by atoms with Gasteiger partial charge in [0.15, 0.2) is 0 Å². The molecule has 1 unspecified atom stereocenters. The van der Waals surface area contributed by atoms with Gasteiger partial charge in [-0.05, 0) is 51.8 Å². The van der Waals surface area contributed by atoms with Crippen molar-refractivity contribution in [1.82, 2.24) is 0 Å². The summed E-state index contributed by atoms with van der Waals surface area (Å²) in [5, 5.41) is 0. The zero-order valence-corrected chi connectivity index (χ0v) is 11.3. The highest BCUT2D eigenvalue weighted by molar-refractivity contribution is 5.87. The molecule has 0 bridgehead atoms. The highest BCUT2D eigenvalue weighted by atomic mass is 14.2. The van der Waals surface area contributed by atoms with E-state index in [0.717, 1.165) is 12.0 Å². The predicted octanol–water partition coefficient (Wildman–Crippen LogP) is 5.04. The Morgan fingerprint density at radius 1 is 1.05 bits per heavy atom. The van der Waals surface area contributed by atoms with E-state index in [-0.39, 0.29) is 0 Å². The number of benzene rings is 1. The summed E-state index contributed by atoms with van der Waals surface area (Å²) in [6.07, 6.45) is 13.9. The summed E-state index contributed by atoms with van der Waals surface area (Å²) >= 11 is 0. The molecular formula is C19H18. The maximum atomic E-state index is 3.90. The zero-order valence-electron chi connectivity index (χ0n) is 11.3. The topological polar surface area (TPSA) is 0 Å². The minimum atomic E-state index is 0.514. The number of allylic oxidation sites excluding steroid dienone is 6. The van der Waals surface area contributed by atoms with Gasteiger partial charge in [0.25, 0.3) is 0 Å². The Labute approximate surface area is 115 Å². The molecule has 3 rings (SSSR count). The minimum Gasteiger partial charge on any atom is -0.0984 e. The fourth-order valence-electron chi connectivity index (χ4n) is 2.83. The van der Waals surface area contributed by atoms with Crippen LogP contribution in [0.15, 0.2) is 55.2 Å². The van der Waals surface area contributed by atoms with Gasteiger partial charge in [0.1, 0.15) is 0 Å². The average Bonchev–Trinajstić information content (AvgIpc) is 2.67. The largest absolute Gasteiger partial charge is 0.0984 e. The molecule has 1 atom stereocenters. The molecule has 0 spiro atoms. The molecule has 0 aliphatic heterocycles. The van der Waals surface area contributed by atoms with E-state index in [9.17, 15) is 0 Å². The molecule has 0 aromatic heterocycles. The van der Waals surface area contributed by atoms with Gasteiger partial charge < -0.3 is 0 Å². The van der Waals surface area contributed by atoms with Crippen LogP contribution in [0.1, 0.15) is 29.2 Å². The highest BCUT2D eigenvalue weighted by Crippen LogP contribution is 2.38. The van der Waals surface area contributed by atoms with Gasteiger partial charge in [0.05, 0.1) is 0 Å². The monoisotopic (exact) mass is 246 g/mol. The van der Waals surface area contributed by atoms with Crippen molar-refractivity contribution in [3.63, 3.8) is 0 Å². The van der Waals surface area contributed by atoms with E-state index in [2.05, 4.69) is 56.5 Å². The third-order valence-electron chi connectivity index (χ3n) is 3.93. The first-order chi connectivity index (χ1) is 9.22. The van der Waals surface area contributed by atoms with Crippen LogP contribution in [0.3, 0.4) is 0 Å². The molecule has 19 heavy (non-hydrogen) atoms. The third kappa shape index (κ3) is 1.94. The Balaban J connectivity index is 2.16. The summed E-state index contributed by atoms with van der Waals surface area (Å²) in [6.45, 7) is 10.0. The molecular weight excluding hydrogens is 228 g/mol. The Morgan fingerprint density at radius 2 is 1.74 bits per heavy atom. The molecule has 94 valence electrons.